The quantitative estimate of drug-likeness (QED) is 0.617. The van der Waals surface area contributed by atoms with E-state index in [1.54, 1.807) is 37.3 Å². The van der Waals surface area contributed by atoms with Gasteiger partial charge in [-0.1, -0.05) is 18.2 Å². The molecule has 0 saturated heterocycles. The van der Waals surface area contributed by atoms with Crippen LogP contribution in [0.3, 0.4) is 0 Å². The first-order valence-corrected chi connectivity index (χ1v) is 5.71. The first-order chi connectivity index (χ1) is 8.56. The van der Waals surface area contributed by atoms with Crippen LogP contribution < -0.4 is 10.1 Å². The lowest BCUT2D eigenvalue weighted by atomic mass is 10.1. The fourth-order valence-corrected chi connectivity index (χ4v) is 1.42. The van der Waals surface area contributed by atoms with Crippen LogP contribution in [0, 0.1) is 0 Å². The molecule has 0 bridgehead atoms. The van der Waals surface area contributed by atoms with Crippen LogP contribution >= 0.6 is 0 Å². The van der Waals surface area contributed by atoms with E-state index >= 15 is 0 Å². The van der Waals surface area contributed by atoms with Crippen molar-refractivity contribution in [1.29, 1.82) is 0 Å². The van der Waals surface area contributed by atoms with Gasteiger partial charge in [0.1, 0.15) is 5.75 Å². The van der Waals surface area contributed by atoms with Gasteiger partial charge in [-0.3, -0.25) is 9.59 Å². The van der Waals surface area contributed by atoms with Gasteiger partial charge in [-0.05, 0) is 26.0 Å². The molecule has 1 atom stereocenters. The number of para-hydroxylation sites is 1. The Balaban J connectivity index is 2.75. The lowest BCUT2D eigenvalue weighted by Gasteiger charge is -2.15. The highest BCUT2D eigenvalue weighted by Gasteiger charge is 2.16. The summed E-state index contributed by atoms with van der Waals surface area (Å²) >= 11 is 0. The third kappa shape index (κ3) is 3.73. The van der Waals surface area contributed by atoms with E-state index < -0.39 is 6.10 Å². The summed E-state index contributed by atoms with van der Waals surface area (Å²) in [6.07, 6.45) is 0.930. The Bertz CT molecular complexity index is 454. The number of hydrogen-bond donors (Lipinski definition) is 1. The number of hydrogen-bond acceptors (Lipinski definition) is 3. The summed E-state index contributed by atoms with van der Waals surface area (Å²) in [5.74, 6) is 0.0869. The Kier molecular flexibility index (Phi) is 5.11. The van der Waals surface area contributed by atoms with Crippen molar-refractivity contribution in [2.24, 2.45) is 0 Å². The standard InChI is InChI=1S/C14H17NO3/c1-4-9-15-14(17)11(3)18-13-8-6-5-7-12(13)10(2)16/h4-8,11H,1,9H2,2-3H3,(H,15,17). The molecule has 96 valence electrons. The van der Waals surface area contributed by atoms with E-state index in [1.807, 2.05) is 0 Å². The number of amides is 1. The van der Waals surface area contributed by atoms with Crippen LogP contribution in [0.15, 0.2) is 36.9 Å². The zero-order valence-electron chi connectivity index (χ0n) is 10.6. The van der Waals surface area contributed by atoms with Crippen molar-refractivity contribution in [1.82, 2.24) is 5.32 Å². The highest BCUT2D eigenvalue weighted by molar-refractivity contribution is 5.96. The van der Waals surface area contributed by atoms with E-state index in [9.17, 15) is 9.59 Å². The van der Waals surface area contributed by atoms with Gasteiger partial charge in [0, 0.05) is 6.54 Å². The van der Waals surface area contributed by atoms with Crippen LogP contribution in [-0.4, -0.2) is 24.3 Å². The van der Waals surface area contributed by atoms with Gasteiger partial charge < -0.3 is 10.1 Å². The molecule has 0 spiro atoms. The number of nitrogens with one attached hydrogen (secondary N) is 1. The monoisotopic (exact) mass is 247 g/mol. The van der Waals surface area contributed by atoms with Crippen molar-refractivity contribution in [3.05, 3.63) is 42.5 Å². The van der Waals surface area contributed by atoms with Crippen molar-refractivity contribution in [2.45, 2.75) is 20.0 Å². The van der Waals surface area contributed by atoms with Gasteiger partial charge >= 0.3 is 0 Å². The van der Waals surface area contributed by atoms with Gasteiger partial charge in [0.25, 0.3) is 5.91 Å². The van der Waals surface area contributed by atoms with Gasteiger partial charge in [-0.15, -0.1) is 6.58 Å². The number of ether oxygens (including phenoxy) is 1. The molecule has 1 aromatic carbocycles. The summed E-state index contributed by atoms with van der Waals surface area (Å²) in [4.78, 5) is 23.0. The molecule has 1 N–H and O–H groups in total. The maximum absolute atomic E-state index is 11.6. The van der Waals surface area contributed by atoms with E-state index in [1.165, 1.54) is 6.92 Å². The second-order valence-electron chi connectivity index (χ2n) is 3.85. The van der Waals surface area contributed by atoms with Gasteiger partial charge in [-0.25, -0.2) is 0 Å². The molecule has 4 heteroatoms. The van der Waals surface area contributed by atoms with E-state index in [0.717, 1.165) is 0 Å². The Labute approximate surface area is 107 Å². The molecule has 0 aliphatic carbocycles. The molecule has 1 amide bonds. The minimum atomic E-state index is -0.662. The highest BCUT2D eigenvalue weighted by Crippen LogP contribution is 2.19. The third-order valence-corrected chi connectivity index (χ3v) is 2.36. The van der Waals surface area contributed by atoms with E-state index in [0.29, 0.717) is 17.9 Å². The zero-order valence-corrected chi connectivity index (χ0v) is 10.6. The van der Waals surface area contributed by atoms with E-state index in [2.05, 4.69) is 11.9 Å². The average molecular weight is 247 g/mol. The molecule has 0 radical (unpaired) electrons. The molecule has 0 aromatic heterocycles. The predicted octanol–water partition coefficient (Wildman–Crippen LogP) is 1.96. The van der Waals surface area contributed by atoms with E-state index in [-0.39, 0.29) is 11.7 Å². The molecule has 0 saturated carbocycles. The molecule has 0 fully saturated rings. The summed E-state index contributed by atoms with van der Waals surface area (Å²) in [7, 11) is 0. The largest absolute Gasteiger partial charge is 0.480 e. The fraction of sp³-hybridized carbons (Fsp3) is 0.286. The van der Waals surface area contributed by atoms with Gasteiger partial charge in [0.05, 0.1) is 5.56 Å². The predicted molar refractivity (Wildman–Crippen MR) is 69.7 cm³/mol. The molecule has 1 aromatic rings. The molecular formula is C14H17NO3. The molecule has 4 nitrogen and oxygen atoms in total. The number of carbonyl (C=O) groups is 2. The fourth-order valence-electron chi connectivity index (χ4n) is 1.42. The maximum Gasteiger partial charge on any atom is 0.261 e. The smallest absolute Gasteiger partial charge is 0.261 e. The normalized spacial score (nSPS) is 11.4. The topological polar surface area (TPSA) is 55.4 Å². The van der Waals surface area contributed by atoms with E-state index in [4.69, 9.17) is 4.74 Å². The summed E-state index contributed by atoms with van der Waals surface area (Å²) < 4.78 is 5.50. The lowest BCUT2D eigenvalue weighted by molar-refractivity contribution is -0.127. The molecule has 1 unspecified atom stereocenters. The number of rotatable bonds is 6. The van der Waals surface area contributed by atoms with Crippen LogP contribution in [0.5, 0.6) is 5.75 Å². The molecule has 0 heterocycles. The van der Waals surface area contributed by atoms with Crippen molar-refractivity contribution in [3.63, 3.8) is 0 Å². The first-order valence-electron chi connectivity index (χ1n) is 5.71. The summed E-state index contributed by atoms with van der Waals surface area (Å²) in [5, 5.41) is 2.63. The van der Waals surface area contributed by atoms with Crippen molar-refractivity contribution in [3.8, 4) is 5.75 Å². The van der Waals surface area contributed by atoms with Gasteiger partial charge in [0.15, 0.2) is 11.9 Å². The van der Waals surface area contributed by atoms with Crippen LogP contribution in [0.4, 0.5) is 0 Å². The number of Topliss-reactive ketones (excluding diaryl/α,β-unsaturated/α-hetero) is 1. The van der Waals surface area contributed by atoms with Crippen LogP contribution in [-0.2, 0) is 4.79 Å². The maximum atomic E-state index is 11.6. The van der Waals surface area contributed by atoms with Crippen molar-refractivity contribution < 1.29 is 14.3 Å². The Morgan fingerprint density at radius 2 is 2.11 bits per heavy atom. The Morgan fingerprint density at radius 1 is 1.44 bits per heavy atom. The minimum absolute atomic E-state index is 0.0932. The van der Waals surface area contributed by atoms with Crippen LogP contribution in [0.25, 0.3) is 0 Å². The third-order valence-electron chi connectivity index (χ3n) is 2.36. The van der Waals surface area contributed by atoms with Gasteiger partial charge in [0.2, 0.25) is 0 Å². The molecular weight excluding hydrogens is 230 g/mol. The SMILES string of the molecule is C=CCNC(=O)C(C)Oc1ccccc1C(C)=O. The van der Waals surface area contributed by atoms with Crippen LogP contribution in [0.2, 0.25) is 0 Å². The van der Waals surface area contributed by atoms with Crippen molar-refractivity contribution >= 4 is 11.7 Å². The van der Waals surface area contributed by atoms with Crippen LogP contribution in [0.1, 0.15) is 24.2 Å². The lowest BCUT2D eigenvalue weighted by Crippen LogP contribution is -2.36. The second-order valence-corrected chi connectivity index (χ2v) is 3.85. The molecule has 0 aliphatic rings. The summed E-state index contributed by atoms with van der Waals surface area (Å²) in [6.45, 7) is 7.00. The summed E-state index contributed by atoms with van der Waals surface area (Å²) in [6, 6.07) is 6.86. The molecule has 18 heavy (non-hydrogen) atoms. The Hall–Kier alpha value is -2.10. The molecule has 1 rings (SSSR count). The van der Waals surface area contributed by atoms with Crippen molar-refractivity contribution in [2.75, 3.05) is 6.54 Å². The minimum Gasteiger partial charge on any atom is -0.480 e. The first kappa shape index (κ1) is 14.0. The highest BCUT2D eigenvalue weighted by atomic mass is 16.5. The second kappa shape index (κ2) is 6.59. The number of benzene rings is 1. The zero-order chi connectivity index (χ0) is 13.5. The van der Waals surface area contributed by atoms with Gasteiger partial charge in [-0.2, -0.15) is 0 Å². The number of ketones is 1. The number of carbonyl (C=O) groups excluding carboxylic acids is 2. The average Bonchev–Trinajstić information content (AvgIpc) is 2.36. The Morgan fingerprint density at radius 3 is 2.72 bits per heavy atom. The summed E-state index contributed by atoms with van der Waals surface area (Å²) in [5.41, 5.74) is 0.473. The molecule has 0 aliphatic heterocycles.